The second kappa shape index (κ2) is 4.68. The Morgan fingerprint density at radius 3 is 2.06 bits per heavy atom. The molecule has 94 valence electrons. The number of hydrogen-bond acceptors (Lipinski definition) is 1. The van der Waals surface area contributed by atoms with Crippen LogP contribution in [-0.2, 0) is 0 Å². The quantitative estimate of drug-likeness (QED) is 0.766. The molecule has 0 heterocycles. The third-order valence-corrected chi connectivity index (χ3v) is 4.90. The minimum atomic E-state index is 0.524. The van der Waals surface area contributed by atoms with E-state index in [2.05, 4.69) is 33.0 Å². The highest BCUT2D eigenvalue weighted by Crippen LogP contribution is 2.39. The predicted octanol–water partition coefficient (Wildman–Crippen LogP) is 3.84. The van der Waals surface area contributed by atoms with Crippen LogP contribution in [0.2, 0.25) is 0 Å². The average Bonchev–Trinajstić information content (AvgIpc) is 2.91. The average molecular weight is 223 g/mol. The van der Waals surface area contributed by atoms with Gasteiger partial charge in [-0.1, -0.05) is 27.7 Å². The maximum Gasteiger partial charge on any atom is 0.00673 e. The van der Waals surface area contributed by atoms with E-state index in [0.717, 1.165) is 23.8 Å². The van der Waals surface area contributed by atoms with Gasteiger partial charge in [-0.25, -0.2) is 0 Å². The molecular weight excluding hydrogens is 194 g/mol. The fourth-order valence-corrected chi connectivity index (χ4v) is 3.17. The summed E-state index contributed by atoms with van der Waals surface area (Å²) >= 11 is 0. The van der Waals surface area contributed by atoms with E-state index in [4.69, 9.17) is 0 Å². The van der Waals surface area contributed by atoms with Crippen molar-refractivity contribution in [3.8, 4) is 0 Å². The van der Waals surface area contributed by atoms with Gasteiger partial charge < -0.3 is 5.32 Å². The molecular formula is C15H29N. The van der Waals surface area contributed by atoms with E-state index in [1.165, 1.54) is 38.6 Å². The van der Waals surface area contributed by atoms with Gasteiger partial charge in [0.05, 0.1) is 0 Å². The monoisotopic (exact) mass is 223 g/mol. The Morgan fingerprint density at radius 2 is 1.62 bits per heavy atom. The standard InChI is InChI=1S/C15H29N/c1-11-9-12(11)10-16-14-7-5-13(6-8-14)15(2,3)4/h11-14,16H,5-10H2,1-4H3. The van der Waals surface area contributed by atoms with Crippen molar-refractivity contribution in [2.24, 2.45) is 23.2 Å². The molecule has 0 aromatic heterocycles. The van der Waals surface area contributed by atoms with Gasteiger partial charge in [0.2, 0.25) is 0 Å². The van der Waals surface area contributed by atoms with Gasteiger partial charge in [-0.3, -0.25) is 0 Å². The minimum absolute atomic E-state index is 0.524. The summed E-state index contributed by atoms with van der Waals surface area (Å²) in [6.07, 6.45) is 7.14. The highest BCUT2D eigenvalue weighted by molar-refractivity contribution is 4.87. The minimum Gasteiger partial charge on any atom is -0.314 e. The maximum absolute atomic E-state index is 3.79. The van der Waals surface area contributed by atoms with E-state index in [-0.39, 0.29) is 0 Å². The summed E-state index contributed by atoms with van der Waals surface area (Å²) < 4.78 is 0. The highest BCUT2D eigenvalue weighted by Gasteiger charge is 2.34. The number of hydrogen-bond donors (Lipinski definition) is 1. The molecule has 0 bridgehead atoms. The van der Waals surface area contributed by atoms with Crippen LogP contribution in [0.3, 0.4) is 0 Å². The molecule has 0 aromatic carbocycles. The van der Waals surface area contributed by atoms with E-state index in [1.54, 1.807) is 0 Å². The van der Waals surface area contributed by atoms with E-state index < -0.39 is 0 Å². The first-order valence-corrected chi connectivity index (χ1v) is 7.20. The molecule has 1 heteroatoms. The van der Waals surface area contributed by atoms with Crippen LogP contribution in [0.1, 0.15) is 59.8 Å². The van der Waals surface area contributed by atoms with Crippen molar-refractivity contribution in [1.29, 1.82) is 0 Å². The molecule has 0 amide bonds. The summed E-state index contributed by atoms with van der Waals surface area (Å²) in [6.45, 7) is 10.9. The Hall–Kier alpha value is -0.0400. The number of nitrogens with one attached hydrogen (secondary N) is 1. The van der Waals surface area contributed by atoms with Gasteiger partial charge in [0.15, 0.2) is 0 Å². The van der Waals surface area contributed by atoms with Crippen molar-refractivity contribution in [2.45, 2.75) is 65.8 Å². The molecule has 16 heavy (non-hydrogen) atoms. The fraction of sp³-hybridized carbons (Fsp3) is 1.00. The molecule has 2 saturated carbocycles. The Morgan fingerprint density at radius 1 is 1.06 bits per heavy atom. The van der Waals surface area contributed by atoms with Gasteiger partial charge in [0, 0.05) is 6.04 Å². The van der Waals surface area contributed by atoms with Crippen molar-refractivity contribution in [3.63, 3.8) is 0 Å². The zero-order valence-corrected chi connectivity index (χ0v) is 11.6. The van der Waals surface area contributed by atoms with Crippen LogP contribution < -0.4 is 5.32 Å². The van der Waals surface area contributed by atoms with Crippen molar-refractivity contribution in [3.05, 3.63) is 0 Å². The van der Waals surface area contributed by atoms with Crippen LogP contribution in [0.4, 0.5) is 0 Å². The van der Waals surface area contributed by atoms with Gasteiger partial charge in [-0.15, -0.1) is 0 Å². The van der Waals surface area contributed by atoms with Crippen molar-refractivity contribution in [2.75, 3.05) is 6.54 Å². The second-order valence-corrected chi connectivity index (χ2v) is 7.30. The molecule has 1 N–H and O–H groups in total. The van der Waals surface area contributed by atoms with Crippen LogP contribution >= 0.6 is 0 Å². The number of rotatable bonds is 3. The SMILES string of the molecule is CC1CC1CNC1CCC(C(C)(C)C)CC1. The lowest BCUT2D eigenvalue weighted by molar-refractivity contribution is 0.160. The van der Waals surface area contributed by atoms with Crippen LogP contribution in [0, 0.1) is 23.2 Å². The maximum atomic E-state index is 3.79. The van der Waals surface area contributed by atoms with E-state index >= 15 is 0 Å². The van der Waals surface area contributed by atoms with E-state index in [9.17, 15) is 0 Å². The third-order valence-electron chi connectivity index (χ3n) is 4.90. The Labute approximate surface area is 101 Å². The van der Waals surface area contributed by atoms with E-state index in [1.807, 2.05) is 0 Å². The van der Waals surface area contributed by atoms with Gasteiger partial charge in [0.25, 0.3) is 0 Å². The smallest absolute Gasteiger partial charge is 0.00673 e. The first-order chi connectivity index (χ1) is 7.47. The van der Waals surface area contributed by atoms with Gasteiger partial charge in [-0.05, 0) is 61.8 Å². The molecule has 2 rings (SSSR count). The first-order valence-electron chi connectivity index (χ1n) is 7.20. The van der Waals surface area contributed by atoms with E-state index in [0.29, 0.717) is 5.41 Å². The van der Waals surface area contributed by atoms with Crippen LogP contribution in [-0.4, -0.2) is 12.6 Å². The largest absolute Gasteiger partial charge is 0.314 e. The lowest BCUT2D eigenvalue weighted by atomic mass is 9.71. The molecule has 2 atom stereocenters. The van der Waals surface area contributed by atoms with Gasteiger partial charge >= 0.3 is 0 Å². The summed E-state index contributed by atoms with van der Waals surface area (Å²) in [7, 11) is 0. The molecule has 0 aliphatic heterocycles. The van der Waals surface area contributed by atoms with Crippen LogP contribution in [0.5, 0.6) is 0 Å². The van der Waals surface area contributed by atoms with Gasteiger partial charge in [-0.2, -0.15) is 0 Å². The summed E-state index contributed by atoms with van der Waals surface area (Å²) in [6, 6.07) is 0.825. The molecule has 0 saturated heterocycles. The topological polar surface area (TPSA) is 12.0 Å². The summed E-state index contributed by atoms with van der Waals surface area (Å²) in [5.74, 6) is 2.95. The molecule has 0 spiro atoms. The third kappa shape index (κ3) is 3.23. The van der Waals surface area contributed by atoms with Crippen molar-refractivity contribution >= 4 is 0 Å². The molecule has 1 nitrogen and oxygen atoms in total. The summed E-state index contributed by atoms with van der Waals surface area (Å²) in [5, 5.41) is 3.79. The zero-order chi connectivity index (χ0) is 11.8. The van der Waals surface area contributed by atoms with Crippen molar-refractivity contribution in [1.82, 2.24) is 5.32 Å². The molecule has 0 aromatic rings. The van der Waals surface area contributed by atoms with Crippen LogP contribution in [0.25, 0.3) is 0 Å². The second-order valence-electron chi connectivity index (χ2n) is 7.30. The van der Waals surface area contributed by atoms with Crippen molar-refractivity contribution < 1.29 is 0 Å². The molecule has 2 fully saturated rings. The lowest BCUT2D eigenvalue weighted by Gasteiger charge is -2.37. The molecule has 2 aliphatic rings. The summed E-state index contributed by atoms with van der Waals surface area (Å²) in [5.41, 5.74) is 0.524. The fourth-order valence-electron chi connectivity index (χ4n) is 3.17. The lowest BCUT2D eigenvalue weighted by Crippen LogP contribution is -2.37. The van der Waals surface area contributed by atoms with Gasteiger partial charge in [0.1, 0.15) is 0 Å². The Bertz CT molecular complexity index is 220. The molecule has 0 radical (unpaired) electrons. The normalized spacial score (nSPS) is 39.8. The Balaban J connectivity index is 1.65. The zero-order valence-electron chi connectivity index (χ0n) is 11.6. The predicted molar refractivity (Wildman–Crippen MR) is 70.5 cm³/mol. The summed E-state index contributed by atoms with van der Waals surface area (Å²) in [4.78, 5) is 0. The Kier molecular flexibility index (Phi) is 3.63. The molecule has 2 unspecified atom stereocenters. The molecule has 2 aliphatic carbocycles. The van der Waals surface area contributed by atoms with Crippen LogP contribution in [0.15, 0.2) is 0 Å². The first kappa shape index (κ1) is 12.4. The highest BCUT2D eigenvalue weighted by atomic mass is 14.9.